The summed E-state index contributed by atoms with van der Waals surface area (Å²) in [4.78, 5) is 14.8. The van der Waals surface area contributed by atoms with E-state index in [-0.39, 0.29) is 5.91 Å². The van der Waals surface area contributed by atoms with Crippen LogP contribution in [0, 0.1) is 11.8 Å². The lowest BCUT2D eigenvalue weighted by molar-refractivity contribution is 0.0623. The molecule has 110 valence electrons. The minimum Gasteiger partial charge on any atom is -0.338 e. The van der Waals surface area contributed by atoms with Crippen molar-refractivity contribution >= 4 is 5.91 Å². The minimum absolute atomic E-state index is 0.0551. The van der Waals surface area contributed by atoms with Crippen LogP contribution in [0.25, 0.3) is 5.69 Å². The molecule has 3 rings (SSSR count). The standard InChI is InChI=1S/C15H19N5O/c1-11-7-12(2)9-19(8-11)15(21)13-5-3-4-6-14(13)20-10-16-17-18-20/h3-6,10-12H,7-9H2,1-2H3. The Morgan fingerprint density at radius 3 is 2.57 bits per heavy atom. The number of piperidine rings is 1. The molecule has 1 fully saturated rings. The topological polar surface area (TPSA) is 63.9 Å². The summed E-state index contributed by atoms with van der Waals surface area (Å²) in [5.74, 6) is 1.13. The third kappa shape index (κ3) is 2.79. The van der Waals surface area contributed by atoms with Gasteiger partial charge in [0.1, 0.15) is 6.33 Å². The molecule has 0 saturated carbocycles. The van der Waals surface area contributed by atoms with Crippen molar-refractivity contribution < 1.29 is 4.79 Å². The van der Waals surface area contributed by atoms with Crippen LogP contribution >= 0.6 is 0 Å². The summed E-state index contributed by atoms with van der Waals surface area (Å²) in [6.45, 7) is 6.02. The Morgan fingerprint density at radius 2 is 1.90 bits per heavy atom. The van der Waals surface area contributed by atoms with Gasteiger partial charge in [0, 0.05) is 13.1 Å². The molecule has 6 nitrogen and oxygen atoms in total. The van der Waals surface area contributed by atoms with Crippen LogP contribution in [0.3, 0.4) is 0 Å². The average Bonchev–Trinajstić information content (AvgIpc) is 2.99. The molecule has 21 heavy (non-hydrogen) atoms. The van der Waals surface area contributed by atoms with E-state index in [4.69, 9.17) is 0 Å². The van der Waals surface area contributed by atoms with E-state index in [1.807, 2.05) is 29.2 Å². The lowest BCUT2D eigenvalue weighted by Crippen LogP contribution is -2.42. The van der Waals surface area contributed by atoms with E-state index in [0.29, 0.717) is 17.4 Å². The lowest BCUT2D eigenvalue weighted by Gasteiger charge is -2.35. The maximum Gasteiger partial charge on any atom is 0.256 e. The summed E-state index contributed by atoms with van der Waals surface area (Å²) < 4.78 is 1.53. The zero-order chi connectivity index (χ0) is 14.8. The fourth-order valence-corrected chi connectivity index (χ4v) is 3.13. The van der Waals surface area contributed by atoms with Gasteiger partial charge in [0.15, 0.2) is 0 Å². The molecule has 0 radical (unpaired) electrons. The van der Waals surface area contributed by atoms with E-state index in [1.165, 1.54) is 17.4 Å². The Bertz CT molecular complexity index is 615. The second kappa shape index (κ2) is 5.63. The molecule has 2 aromatic rings. The number of tetrazole rings is 1. The number of carbonyl (C=O) groups excluding carboxylic acids is 1. The summed E-state index contributed by atoms with van der Waals surface area (Å²) >= 11 is 0. The Hall–Kier alpha value is -2.24. The van der Waals surface area contributed by atoms with Crippen molar-refractivity contribution in [2.24, 2.45) is 11.8 Å². The van der Waals surface area contributed by atoms with Gasteiger partial charge >= 0.3 is 0 Å². The van der Waals surface area contributed by atoms with Gasteiger partial charge in [-0.2, -0.15) is 4.68 Å². The van der Waals surface area contributed by atoms with Crippen LogP contribution in [0.1, 0.15) is 30.6 Å². The van der Waals surface area contributed by atoms with Crippen LogP contribution in [-0.2, 0) is 0 Å². The van der Waals surface area contributed by atoms with Gasteiger partial charge in [0.25, 0.3) is 5.91 Å². The average molecular weight is 285 g/mol. The molecule has 0 N–H and O–H groups in total. The normalized spacial score (nSPS) is 22.3. The number of hydrogen-bond acceptors (Lipinski definition) is 4. The molecular weight excluding hydrogens is 266 g/mol. The van der Waals surface area contributed by atoms with Gasteiger partial charge in [-0.25, -0.2) is 0 Å². The molecule has 1 amide bonds. The zero-order valence-electron chi connectivity index (χ0n) is 12.3. The fraction of sp³-hybridized carbons (Fsp3) is 0.467. The lowest BCUT2D eigenvalue weighted by atomic mass is 9.91. The first-order chi connectivity index (χ1) is 10.1. The van der Waals surface area contributed by atoms with E-state index in [0.717, 1.165) is 18.8 Å². The van der Waals surface area contributed by atoms with Crippen molar-refractivity contribution in [3.05, 3.63) is 36.2 Å². The minimum atomic E-state index is 0.0551. The predicted molar refractivity (Wildman–Crippen MR) is 78.0 cm³/mol. The first-order valence-corrected chi connectivity index (χ1v) is 7.27. The van der Waals surface area contributed by atoms with Gasteiger partial charge in [-0.1, -0.05) is 26.0 Å². The number of likely N-dealkylation sites (tertiary alicyclic amines) is 1. The highest BCUT2D eigenvalue weighted by Crippen LogP contribution is 2.24. The summed E-state index contributed by atoms with van der Waals surface area (Å²) in [5.41, 5.74) is 1.37. The first kappa shape index (κ1) is 13.7. The largest absolute Gasteiger partial charge is 0.338 e. The van der Waals surface area contributed by atoms with Crippen molar-refractivity contribution in [1.82, 2.24) is 25.1 Å². The Morgan fingerprint density at radius 1 is 1.19 bits per heavy atom. The highest BCUT2D eigenvalue weighted by molar-refractivity contribution is 5.97. The van der Waals surface area contributed by atoms with E-state index in [1.54, 1.807) is 0 Å². The SMILES string of the molecule is CC1CC(C)CN(C(=O)c2ccccc2-n2cnnn2)C1. The number of amides is 1. The van der Waals surface area contributed by atoms with Crippen molar-refractivity contribution in [1.29, 1.82) is 0 Å². The highest BCUT2D eigenvalue weighted by Gasteiger charge is 2.27. The predicted octanol–water partition coefficient (Wildman–Crippen LogP) is 1.78. The molecule has 2 atom stereocenters. The Kier molecular flexibility index (Phi) is 3.68. The van der Waals surface area contributed by atoms with Crippen LogP contribution in [-0.4, -0.2) is 44.1 Å². The molecule has 1 saturated heterocycles. The van der Waals surface area contributed by atoms with Crippen molar-refractivity contribution in [3.8, 4) is 5.69 Å². The maximum atomic E-state index is 12.9. The van der Waals surface area contributed by atoms with Gasteiger partial charge < -0.3 is 4.90 Å². The zero-order valence-corrected chi connectivity index (χ0v) is 12.3. The number of aromatic nitrogens is 4. The number of rotatable bonds is 2. The molecule has 2 unspecified atom stereocenters. The fourth-order valence-electron chi connectivity index (χ4n) is 3.13. The summed E-state index contributed by atoms with van der Waals surface area (Å²) in [6.07, 6.45) is 2.69. The van der Waals surface area contributed by atoms with Gasteiger partial charge in [-0.15, -0.1) is 5.10 Å². The molecule has 0 bridgehead atoms. The maximum absolute atomic E-state index is 12.9. The third-order valence-corrected chi connectivity index (χ3v) is 3.89. The third-order valence-electron chi connectivity index (χ3n) is 3.89. The van der Waals surface area contributed by atoms with Crippen LogP contribution < -0.4 is 0 Å². The number of nitrogens with zero attached hydrogens (tertiary/aromatic N) is 5. The monoisotopic (exact) mass is 285 g/mol. The summed E-state index contributed by atoms with van der Waals surface area (Å²) in [6, 6.07) is 7.46. The van der Waals surface area contributed by atoms with Gasteiger partial charge in [-0.3, -0.25) is 4.79 Å². The molecule has 0 spiro atoms. The van der Waals surface area contributed by atoms with E-state index in [2.05, 4.69) is 29.4 Å². The number of benzene rings is 1. The van der Waals surface area contributed by atoms with E-state index < -0.39 is 0 Å². The Labute approximate surface area is 123 Å². The van der Waals surface area contributed by atoms with Crippen molar-refractivity contribution in [2.75, 3.05) is 13.1 Å². The molecule has 1 aromatic heterocycles. The van der Waals surface area contributed by atoms with E-state index >= 15 is 0 Å². The number of carbonyl (C=O) groups is 1. The van der Waals surface area contributed by atoms with Gasteiger partial charge in [0.2, 0.25) is 0 Å². The van der Waals surface area contributed by atoms with Crippen molar-refractivity contribution in [2.45, 2.75) is 20.3 Å². The molecule has 1 aliphatic rings. The molecule has 0 aliphatic carbocycles. The number of para-hydroxylation sites is 1. The summed E-state index contributed by atoms with van der Waals surface area (Å²) in [5, 5.41) is 11.2. The quantitative estimate of drug-likeness (QED) is 0.843. The van der Waals surface area contributed by atoms with Crippen LogP contribution in [0.4, 0.5) is 0 Å². The first-order valence-electron chi connectivity index (χ1n) is 7.27. The molecule has 2 heterocycles. The summed E-state index contributed by atoms with van der Waals surface area (Å²) in [7, 11) is 0. The molecule has 1 aliphatic heterocycles. The second-order valence-corrected chi connectivity index (χ2v) is 5.93. The smallest absolute Gasteiger partial charge is 0.256 e. The van der Waals surface area contributed by atoms with Crippen LogP contribution in [0.15, 0.2) is 30.6 Å². The molecular formula is C15H19N5O. The van der Waals surface area contributed by atoms with Crippen LogP contribution in [0.5, 0.6) is 0 Å². The highest BCUT2D eigenvalue weighted by atomic mass is 16.2. The molecule has 1 aromatic carbocycles. The van der Waals surface area contributed by atoms with Gasteiger partial charge in [-0.05, 0) is 40.8 Å². The number of hydrogen-bond donors (Lipinski definition) is 0. The Balaban J connectivity index is 1.92. The molecule has 6 heteroatoms. The van der Waals surface area contributed by atoms with Gasteiger partial charge in [0.05, 0.1) is 11.3 Å². The van der Waals surface area contributed by atoms with E-state index in [9.17, 15) is 4.79 Å². The van der Waals surface area contributed by atoms with Crippen molar-refractivity contribution in [3.63, 3.8) is 0 Å². The second-order valence-electron chi connectivity index (χ2n) is 5.93. The van der Waals surface area contributed by atoms with Crippen LogP contribution in [0.2, 0.25) is 0 Å².